The molecule has 4 aliphatic heterocycles. The molecule has 1 unspecified atom stereocenters. The Balaban J connectivity index is 0.00000711. The van der Waals surface area contributed by atoms with Gasteiger partial charge in [0.15, 0.2) is 5.69 Å². The van der Waals surface area contributed by atoms with Crippen molar-refractivity contribution in [2.45, 2.75) is 63.6 Å². The predicted molar refractivity (Wildman–Crippen MR) is 269 cm³/mol. The van der Waals surface area contributed by atoms with Crippen molar-refractivity contribution in [2.75, 3.05) is 77.8 Å². The highest BCUT2D eigenvalue weighted by Gasteiger charge is 2.45. The van der Waals surface area contributed by atoms with E-state index in [0.717, 1.165) is 35.5 Å². The summed E-state index contributed by atoms with van der Waals surface area (Å²) in [6.07, 6.45) is 5.29. The minimum atomic E-state index is -1.00. The lowest BCUT2D eigenvalue weighted by atomic mass is 9.86. The molecule has 2 aromatic heterocycles. The highest BCUT2D eigenvalue weighted by molar-refractivity contribution is 7.59. The molecule has 3 aromatic carbocycles. The van der Waals surface area contributed by atoms with E-state index in [1.54, 1.807) is 29.1 Å². The SMILES string of the molecule is NC(=O)c1c(-c2ccc(Oc3ccccc3)cc2)nn2c1NCC[C@H]2C1CCN(C(=O)c2cn(CCOCCOCCOCCOCCCc3cccc4c3C(=O)N(C3CCC(=O)NC3=O)C4=O)nn2)CC1.S. The van der Waals surface area contributed by atoms with Crippen LogP contribution in [-0.4, -0.2) is 149 Å². The number of primary amides is 1. The van der Waals surface area contributed by atoms with Crippen LogP contribution in [0.2, 0.25) is 0 Å². The van der Waals surface area contributed by atoms with Crippen LogP contribution in [0.5, 0.6) is 11.5 Å². The molecule has 6 amide bonds. The van der Waals surface area contributed by atoms with E-state index < -0.39 is 35.6 Å². The first-order valence-electron chi connectivity index (χ1n) is 24.5. The summed E-state index contributed by atoms with van der Waals surface area (Å²) in [6.45, 7) is 5.28. The highest BCUT2D eigenvalue weighted by atomic mass is 32.1. The molecule has 9 rings (SSSR count). The quantitative estimate of drug-likeness (QED) is 0.0614. The van der Waals surface area contributed by atoms with Gasteiger partial charge in [0.25, 0.3) is 23.6 Å². The molecule has 386 valence electrons. The Morgan fingerprint density at radius 1 is 0.753 bits per heavy atom. The molecule has 4 aliphatic rings. The molecule has 22 heteroatoms. The van der Waals surface area contributed by atoms with E-state index >= 15 is 0 Å². The minimum absolute atomic E-state index is 0. The number of piperidine rings is 2. The zero-order chi connectivity index (χ0) is 50.0. The number of fused-ring (bicyclic) bond motifs is 2. The number of ether oxygens (including phenoxy) is 5. The number of amides is 6. The Hall–Kier alpha value is -6.98. The lowest BCUT2D eigenvalue weighted by Crippen LogP contribution is -2.54. The lowest BCUT2D eigenvalue weighted by Gasteiger charge is -2.38. The number of anilines is 1. The van der Waals surface area contributed by atoms with E-state index in [9.17, 15) is 28.8 Å². The molecule has 21 nitrogen and oxygen atoms in total. The fraction of sp³-hybridized carbons (Fsp3) is 0.431. The molecule has 2 atom stereocenters. The summed E-state index contributed by atoms with van der Waals surface area (Å²) >= 11 is 0. The number of aryl methyl sites for hydroxylation is 1. The Morgan fingerprint density at radius 3 is 2.14 bits per heavy atom. The van der Waals surface area contributed by atoms with Crippen molar-refractivity contribution in [3.8, 4) is 22.8 Å². The maximum absolute atomic E-state index is 13.5. The predicted octanol–water partition coefficient (Wildman–Crippen LogP) is 4.16. The van der Waals surface area contributed by atoms with Gasteiger partial charge in [-0.15, -0.1) is 5.10 Å². The van der Waals surface area contributed by atoms with Crippen LogP contribution in [0.25, 0.3) is 11.3 Å². The van der Waals surface area contributed by atoms with Gasteiger partial charge in [-0.1, -0.05) is 35.5 Å². The van der Waals surface area contributed by atoms with E-state index in [2.05, 4.69) is 20.9 Å². The van der Waals surface area contributed by atoms with Crippen LogP contribution < -0.4 is 21.1 Å². The van der Waals surface area contributed by atoms with E-state index in [0.29, 0.717) is 126 Å². The first-order chi connectivity index (χ1) is 35.1. The second-order valence-electron chi connectivity index (χ2n) is 17.9. The summed E-state index contributed by atoms with van der Waals surface area (Å²) in [4.78, 5) is 79.5. The van der Waals surface area contributed by atoms with Gasteiger partial charge in [0.2, 0.25) is 11.8 Å². The van der Waals surface area contributed by atoms with Gasteiger partial charge in [0, 0.05) is 38.2 Å². The summed E-state index contributed by atoms with van der Waals surface area (Å²) in [5.41, 5.74) is 9.15. The number of imide groups is 2. The monoisotopic (exact) mass is 1020 g/mol. The van der Waals surface area contributed by atoms with Crippen molar-refractivity contribution in [1.82, 2.24) is 39.9 Å². The van der Waals surface area contributed by atoms with Crippen LogP contribution in [0.3, 0.4) is 0 Å². The van der Waals surface area contributed by atoms with Crippen molar-refractivity contribution in [3.05, 3.63) is 107 Å². The minimum Gasteiger partial charge on any atom is -0.457 e. The molecule has 0 radical (unpaired) electrons. The molecule has 4 N–H and O–H groups in total. The maximum Gasteiger partial charge on any atom is 0.276 e. The van der Waals surface area contributed by atoms with Gasteiger partial charge in [0.1, 0.15) is 34.6 Å². The second kappa shape index (κ2) is 24.6. The Kier molecular flexibility index (Phi) is 17.7. The topological polar surface area (TPSA) is 254 Å². The third kappa shape index (κ3) is 12.3. The number of nitrogens with two attached hydrogens (primary N) is 1. The average molecular weight is 1020 g/mol. The third-order valence-electron chi connectivity index (χ3n) is 13.3. The molecule has 0 spiro atoms. The molecular weight excluding hydrogens is 961 g/mol. The van der Waals surface area contributed by atoms with Crippen LogP contribution in [0, 0.1) is 5.92 Å². The number of likely N-dealkylation sites (tertiary alicyclic amines) is 1. The van der Waals surface area contributed by atoms with Crippen molar-refractivity contribution in [1.29, 1.82) is 0 Å². The van der Waals surface area contributed by atoms with Gasteiger partial charge in [-0.3, -0.25) is 39.0 Å². The number of hydrogen-bond donors (Lipinski definition) is 3. The van der Waals surface area contributed by atoms with Gasteiger partial charge < -0.3 is 39.6 Å². The number of nitrogens with one attached hydrogen (secondary N) is 2. The van der Waals surface area contributed by atoms with Gasteiger partial charge in [-0.05, 0) is 92.5 Å². The number of para-hydroxylation sites is 1. The van der Waals surface area contributed by atoms with Gasteiger partial charge in [-0.25, -0.2) is 9.36 Å². The number of aromatic nitrogens is 5. The molecule has 6 heterocycles. The van der Waals surface area contributed by atoms with Crippen molar-refractivity contribution in [2.24, 2.45) is 11.7 Å². The smallest absolute Gasteiger partial charge is 0.276 e. The largest absolute Gasteiger partial charge is 0.457 e. The normalized spacial score (nSPS) is 17.7. The van der Waals surface area contributed by atoms with Crippen LogP contribution in [-0.2, 0) is 41.5 Å². The molecule has 0 saturated carbocycles. The summed E-state index contributed by atoms with van der Waals surface area (Å²) in [6, 6.07) is 21.1. The lowest BCUT2D eigenvalue weighted by molar-refractivity contribution is -0.136. The van der Waals surface area contributed by atoms with Crippen molar-refractivity contribution in [3.63, 3.8) is 0 Å². The van der Waals surface area contributed by atoms with Crippen LogP contribution in [0.1, 0.15) is 91.7 Å². The first-order valence-corrected chi connectivity index (χ1v) is 24.5. The first kappa shape index (κ1) is 52.3. The number of rotatable bonds is 23. The standard InChI is InChI=1S/C51H58N10O11.H2S/c52-46(63)44-45(35-11-13-37(14-12-35)72-36-8-2-1-3-9-36)56-61-40(17-20-53-47(44)61)33-18-21-58(22-19-33)50(66)39-32-59(57-55-39)23-25-69-27-29-71-31-30-70-28-26-68-24-5-7-34-6-4-10-38-43(34)51(67)60(49(38)65)41-15-16-42(62)54-48(41)64;/h1-4,6,8-14,32-33,40-41,53H,5,7,15-31H2,(H2,52,63)(H,54,62,64);1H2/t40-,41?;/m0./s1. The number of benzene rings is 3. The molecule has 73 heavy (non-hydrogen) atoms. The van der Waals surface area contributed by atoms with E-state index in [4.69, 9.17) is 34.5 Å². The van der Waals surface area contributed by atoms with Crippen LogP contribution >= 0.6 is 13.5 Å². The fourth-order valence-corrected chi connectivity index (χ4v) is 9.71. The number of nitrogens with zero attached hydrogens (tertiary/aromatic N) is 7. The average Bonchev–Trinajstić information content (AvgIpc) is 4.10. The Morgan fingerprint density at radius 2 is 1.44 bits per heavy atom. The van der Waals surface area contributed by atoms with Crippen LogP contribution in [0.4, 0.5) is 5.82 Å². The molecule has 2 fully saturated rings. The number of carbonyl (C=O) groups excluding carboxylic acids is 6. The summed E-state index contributed by atoms with van der Waals surface area (Å²) in [5.74, 6) is -0.558. The van der Waals surface area contributed by atoms with E-state index in [1.807, 2.05) is 64.2 Å². The fourth-order valence-electron chi connectivity index (χ4n) is 9.71. The zero-order valence-corrected chi connectivity index (χ0v) is 41.4. The Bertz CT molecular complexity index is 2760. The highest BCUT2D eigenvalue weighted by Crippen LogP contribution is 2.40. The molecule has 2 saturated heterocycles. The van der Waals surface area contributed by atoms with E-state index in [1.165, 1.54) is 0 Å². The molecule has 0 aliphatic carbocycles. The Labute approximate surface area is 428 Å². The maximum atomic E-state index is 13.5. The van der Waals surface area contributed by atoms with Crippen molar-refractivity contribution < 1.29 is 52.5 Å². The summed E-state index contributed by atoms with van der Waals surface area (Å²) in [5, 5.41) is 18.9. The van der Waals surface area contributed by atoms with Gasteiger partial charge in [-0.2, -0.15) is 18.6 Å². The molecule has 5 aromatic rings. The second-order valence-corrected chi connectivity index (χ2v) is 17.9. The number of hydrogen-bond acceptors (Lipinski definition) is 15. The van der Waals surface area contributed by atoms with Gasteiger partial charge >= 0.3 is 0 Å². The number of carbonyl (C=O) groups is 6. The molecule has 0 bridgehead atoms. The van der Waals surface area contributed by atoms with Crippen LogP contribution in [0.15, 0.2) is 79.0 Å². The van der Waals surface area contributed by atoms with Crippen molar-refractivity contribution >= 4 is 54.8 Å². The zero-order valence-electron chi connectivity index (χ0n) is 40.4. The summed E-state index contributed by atoms with van der Waals surface area (Å²) in [7, 11) is 0. The van der Waals surface area contributed by atoms with Gasteiger partial charge in [0.05, 0.1) is 76.2 Å². The molecular formula is C51H60N10O11S. The summed E-state index contributed by atoms with van der Waals surface area (Å²) < 4.78 is 32.1. The van der Waals surface area contributed by atoms with E-state index in [-0.39, 0.29) is 55.5 Å². The third-order valence-corrected chi connectivity index (χ3v) is 13.3.